The second kappa shape index (κ2) is 5.70. The Morgan fingerprint density at radius 3 is 2.44 bits per heavy atom. The number of benzene rings is 1. The Bertz CT molecular complexity index is 359. The average molecular weight is 227 g/mol. The zero-order valence-corrected chi connectivity index (χ0v) is 9.17. The van der Waals surface area contributed by atoms with Gasteiger partial charge in [-0.2, -0.15) is 0 Å². The number of carbonyl (C=O) groups excluding carboxylic acids is 1. The van der Waals surface area contributed by atoms with E-state index >= 15 is 0 Å². The number of carbonyl (C=O) groups is 1. The Morgan fingerprint density at radius 2 is 1.94 bits per heavy atom. The summed E-state index contributed by atoms with van der Waals surface area (Å²) in [4.78, 5) is 11.6. The Hall–Kier alpha value is -1.29. The molecular formula is C12H15F2NO. The number of rotatable bonds is 5. The maximum Gasteiger partial charge on any atom is 0.140 e. The molecule has 1 unspecified atom stereocenters. The molecule has 16 heavy (non-hydrogen) atoms. The summed E-state index contributed by atoms with van der Waals surface area (Å²) in [5, 5.41) is 0. The second-order valence-electron chi connectivity index (χ2n) is 3.82. The highest BCUT2D eigenvalue weighted by Crippen LogP contribution is 2.15. The third-order valence-corrected chi connectivity index (χ3v) is 2.56. The number of ketones is 1. The average Bonchev–Trinajstić information content (AvgIpc) is 2.23. The molecule has 0 spiro atoms. The monoisotopic (exact) mass is 227 g/mol. The maximum atomic E-state index is 13.2. The van der Waals surface area contributed by atoms with Crippen molar-refractivity contribution in [3.8, 4) is 0 Å². The van der Waals surface area contributed by atoms with Crippen LogP contribution in [0.1, 0.15) is 18.9 Å². The summed E-state index contributed by atoms with van der Waals surface area (Å²) in [6.45, 7) is 2.11. The van der Waals surface area contributed by atoms with Crippen molar-refractivity contribution < 1.29 is 13.6 Å². The Labute approximate surface area is 93.5 Å². The summed E-state index contributed by atoms with van der Waals surface area (Å²) < 4.78 is 26.5. The van der Waals surface area contributed by atoms with Crippen molar-refractivity contribution in [2.75, 3.05) is 6.54 Å². The molecular weight excluding hydrogens is 212 g/mol. The van der Waals surface area contributed by atoms with E-state index in [-0.39, 0.29) is 23.7 Å². The Kier molecular flexibility index (Phi) is 4.55. The zero-order valence-electron chi connectivity index (χ0n) is 9.17. The van der Waals surface area contributed by atoms with Crippen molar-refractivity contribution in [1.29, 1.82) is 0 Å². The van der Waals surface area contributed by atoms with Crippen molar-refractivity contribution in [3.63, 3.8) is 0 Å². The zero-order chi connectivity index (χ0) is 12.1. The van der Waals surface area contributed by atoms with E-state index in [1.807, 2.05) is 0 Å². The van der Waals surface area contributed by atoms with E-state index in [1.165, 1.54) is 6.07 Å². The highest BCUT2D eigenvalue weighted by atomic mass is 19.1. The van der Waals surface area contributed by atoms with Gasteiger partial charge in [0.2, 0.25) is 0 Å². The molecule has 0 saturated heterocycles. The summed E-state index contributed by atoms with van der Waals surface area (Å²) in [5.41, 5.74) is 5.16. The van der Waals surface area contributed by atoms with Gasteiger partial charge in [0.1, 0.15) is 17.4 Å². The van der Waals surface area contributed by atoms with E-state index in [0.717, 1.165) is 12.1 Å². The topological polar surface area (TPSA) is 43.1 Å². The summed E-state index contributed by atoms with van der Waals surface area (Å²) in [5.74, 6) is -1.79. The standard InChI is InChI=1S/C12H15F2NO/c1-8(5-6-15)12(16)7-9-10(13)3-2-4-11(9)14/h2-4,8H,5-7,15H2,1H3. The summed E-state index contributed by atoms with van der Waals surface area (Å²) >= 11 is 0. The van der Waals surface area contributed by atoms with Crippen LogP contribution in [0.3, 0.4) is 0 Å². The third-order valence-electron chi connectivity index (χ3n) is 2.56. The van der Waals surface area contributed by atoms with Crippen LogP contribution in [0.5, 0.6) is 0 Å². The molecule has 1 atom stereocenters. The van der Waals surface area contributed by atoms with Crippen molar-refractivity contribution in [2.24, 2.45) is 11.7 Å². The van der Waals surface area contributed by atoms with E-state index in [0.29, 0.717) is 13.0 Å². The first kappa shape index (κ1) is 12.8. The molecule has 88 valence electrons. The van der Waals surface area contributed by atoms with Gasteiger partial charge in [-0.05, 0) is 25.1 Å². The molecule has 2 nitrogen and oxygen atoms in total. The minimum absolute atomic E-state index is 0.156. The maximum absolute atomic E-state index is 13.2. The van der Waals surface area contributed by atoms with Crippen molar-refractivity contribution >= 4 is 5.78 Å². The predicted molar refractivity (Wildman–Crippen MR) is 57.9 cm³/mol. The molecule has 0 amide bonds. The lowest BCUT2D eigenvalue weighted by atomic mass is 9.96. The molecule has 0 aliphatic carbocycles. The lowest BCUT2D eigenvalue weighted by molar-refractivity contribution is -0.121. The van der Waals surface area contributed by atoms with Gasteiger partial charge in [-0.1, -0.05) is 13.0 Å². The molecule has 0 aliphatic heterocycles. The fraction of sp³-hybridized carbons (Fsp3) is 0.417. The van der Waals surface area contributed by atoms with Crippen molar-refractivity contribution in [1.82, 2.24) is 0 Å². The van der Waals surface area contributed by atoms with Gasteiger partial charge in [-0.3, -0.25) is 4.79 Å². The number of nitrogens with two attached hydrogens (primary N) is 1. The number of hydrogen-bond donors (Lipinski definition) is 1. The normalized spacial score (nSPS) is 12.5. The van der Waals surface area contributed by atoms with Crippen molar-refractivity contribution in [3.05, 3.63) is 35.4 Å². The second-order valence-corrected chi connectivity index (χ2v) is 3.82. The van der Waals surface area contributed by atoms with Gasteiger partial charge < -0.3 is 5.73 Å². The lowest BCUT2D eigenvalue weighted by Crippen LogP contribution is -2.18. The van der Waals surface area contributed by atoms with Crippen LogP contribution in [0.4, 0.5) is 8.78 Å². The lowest BCUT2D eigenvalue weighted by Gasteiger charge is -2.09. The molecule has 1 rings (SSSR count). The largest absolute Gasteiger partial charge is 0.330 e. The van der Waals surface area contributed by atoms with Crippen LogP contribution in [0.25, 0.3) is 0 Å². The molecule has 0 radical (unpaired) electrons. The fourth-order valence-corrected chi connectivity index (χ4v) is 1.46. The first-order valence-electron chi connectivity index (χ1n) is 5.22. The van der Waals surface area contributed by atoms with Gasteiger partial charge in [0.05, 0.1) is 0 Å². The first-order chi connectivity index (χ1) is 7.56. The highest BCUT2D eigenvalue weighted by Gasteiger charge is 2.17. The van der Waals surface area contributed by atoms with Gasteiger partial charge in [-0.15, -0.1) is 0 Å². The molecule has 1 aromatic carbocycles. The molecule has 4 heteroatoms. The number of halogens is 2. The van der Waals surface area contributed by atoms with Gasteiger partial charge in [0, 0.05) is 17.9 Å². The van der Waals surface area contributed by atoms with Crippen LogP contribution < -0.4 is 5.73 Å². The summed E-state index contributed by atoms with van der Waals surface area (Å²) in [6, 6.07) is 3.58. The molecule has 1 aromatic rings. The summed E-state index contributed by atoms with van der Waals surface area (Å²) in [7, 11) is 0. The summed E-state index contributed by atoms with van der Waals surface area (Å²) in [6.07, 6.45) is 0.328. The Balaban J connectivity index is 2.77. The first-order valence-corrected chi connectivity index (χ1v) is 5.22. The number of hydrogen-bond acceptors (Lipinski definition) is 2. The fourth-order valence-electron chi connectivity index (χ4n) is 1.46. The molecule has 0 fully saturated rings. The highest BCUT2D eigenvalue weighted by molar-refractivity contribution is 5.83. The SMILES string of the molecule is CC(CCN)C(=O)Cc1c(F)cccc1F. The van der Waals surface area contributed by atoms with Gasteiger partial charge in [-0.25, -0.2) is 8.78 Å². The predicted octanol–water partition coefficient (Wildman–Crippen LogP) is 2.06. The quantitative estimate of drug-likeness (QED) is 0.836. The van der Waals surface area contributed by atoms with E-state index in [9.17, 15) is 13.6 Å². The van der Waals surface area contributed by atoms with Crippen molar-refractivity contribution in [2.45, 2.75) is 19.8 Å². The molecule has 2 N–H and O–H groups in total. The minimum atomic E-state index is -0.673. The Morgan fingerprint density at radius 1 is 1.38 bits per heavy atom. The van der Waals surface area contributed by atoms with E-state index < -0.39 is 11.6 Å². The molecule has 0 saturated carbocycles. The molecule has 0 heterocycles. The van der Waals surface area contributed by atoms with Crippen LogP contribution in [-0.4, -0.2) is 12.3 Å². The van der Waals surface area contributed by atoms with E-state index in [4.69, 9.17) is 5.73 Å². The van der Waals surface area contributed by atoms with Gasteiger partial charge in [0.15, 0.2) is 0 Å². The van der Waals surface area contributed by atoms with Crippen LogP contribution in [0, 0.1) is 17.6 Å². The smallest absolute Gasteiger partial charge is 0.140 e. The molecule has 0 aliphatic rings. The van der Waals surface area contributed by atoms with Gasteiger partial charge >= 0.3 is 0 Å². The van der Waals surface area contributed by atoms with Crippen LogP contribution in [-0.2, 0) is 11.2 Å². The minimum Gasteiger partial charge on any atom is -0.330 e. The van der Waals surface area contributed by atoms with E-state index in [1.54, 1.807) is 6.92 Å². The molecule has 0 aromatic heterocycles. The number of Topliss-reactive ketones (excluding diaryl/α,β-unsaturated/α-hetero) is 1. The van der Waals surface area contributed by atoms with Crippen LogP contribution in [0.2, 0.25) is 0 Å². The molecule has 0 bridgehead atoms. The third kappa shape index (κ3) is 3.10. The van der Waals surface area contributed by atoms with Gasteiger partial charge in [0.25, 0.3) is 0 Å². The van der Waals surface area contributed by atoms with Crippen LogP contribution in [0.15, 0.2) is 18.2 Å². The van der Waals surface area contributed by atoms with Crippen LogP contribution >= 0.6 is 0 Å². The van der Waals surface area contributed by atoms with E-state index in [2.05, 4.69) is 0 Å².